The van der Waals surface area contributed by atoms with Gasteiger partial charge < -0.3 is 15.6 Å². The smallest absolute Gasteiger partial charge is 0.238 e. The van der Waals surface area contributed by atoms with Crippen LogP contribution in [-0.4, -0.2) is 39.0 Å². The minimum Gasteiger partial charge on any atom is -0.391 e. The van der Waals surface area contributed by atoms with Gasteiger partial charge in [-0.15, -0.1) is 5.10 Å². The summed E-state index contributed by atoms with van der Waals surface area (Å²) in [5.74, 6) is 0.564. The van der Waals surface area contributed by atoms with E-state index in [1.165, 1.54) is 0 Å². The number of aliphatic hydroxyl groups is 1. The van der Waals surface area contributed by atoms with Gasteiger partial charge in [0.1, 0.15) is 11.6 Å². The first-order chi connectivity index (χ1) is 11.1. The fourth-order valence-corrected chi connectivity index (χ4v) is 2.88. The first-order valence-corrected chi connectivity index (χ1v) is 7.98. The largest absolute Gasteiger partial charge is 0.391 e. The monoisotopic (exact) mass is 335 g/mol. The fraction of sp³-hybridized carbons (Fsp3) is 0.533. The van der Waals surface area contributed by atoms with Crippen LogP contribution in [0.5, 0.6) is 0 Å². The third-order valence-corrected chi connectivity index (χ3v) is 4.27. The van der Waals surface area contributed by atoms with Gasteiger partial charge in [0.25, 0.3) is 0 Å². The molecular weight excluding hydrogens is 318 g/mol. The first kappa shape index (κ1) is 16.0. The van der Waals surface area contributed by atoms with Crippen LogP contribution in [0.1, 0.15) is 42.9 Å². The Balaban J connectivity index is 0.000000188. The number of aliphatic hydroxyl groups excluding tert-OH is 1. The van der Waals surface area contributed by atoms with Gasteiger partial charge >= 0.3 is 0 Å². The van der Waals surface area contributed by atoms with Crippen molar-refractivity contribution in [2.45, 2.75) is 37.7 Å². The van der Waals surface area contributed by atoms with E-state index in [0.717, 1.165) is 38.0 Å². The van der Waals surface area contributed by atoms with E-state index in [2.05, 4.69) is 16.2 Å². The summed E-state index contributed by atoms with van der Waals surface area (Å²) < 4.78 is 6.59. The molecule has 122 valence electrons. The number of hydrogen-bond acceptors (Lipinski definition) is 6. The molecule has 0 aromatic carbocycles. The lowest BCUT2D eigenvalue weighted by atomic mass is 10.2. The summed E-state index contributed by atoms with van der Waals surface area (Å²) in [5.41, 5.74) is 7.57. The topological polar surface area (TPSA) is 109 Å². The quantitative estimate of drug-likeness (QED) is 0.823. The Morgan fingerprint density at radius 1 is 1.43 bits per heavy atom. The second kappa shape index (κ2) is 6.71. The zero-order valence-corrected chi connectivity index (χ0v) is 13.3. The summed E-state index contributed by atoms with van der Waals surface area (Å²) in [6, 6.07) is 2.13. The minimum absolute atomic E-state index is 0.186. The summed E-state index contributed by atoms with van der Waals surface area (Å²) in [6.07, 6.45) is 5.44. The van der Waals surface area contributed by atoms with Crippen molar-refractivity contribution in [3.8, 4) is 6.07 Å². The molecular formula is C15H18ClN5O2. The molecule has 1 atom stereocenters. The normalized spacial score (nSPS) is 20.7. The number of hydrogen-bond donors (Lipinski definition) is 2. The van der Waals surface area contributed by atoms with Crippen LogP contribution in [0.3, 0.4) is 0 Å². The molecule has 1 saturated carbocycles. The van der Waals surface area contributed by atoms with Crippen LogP contribution in [0, 0.1) is 11.3 Å². The van der Waals surface area contributed by atoms with Gasteiger partial charge in [-0.25, -0.2) is 9.50 Å². The van der Waals surface area contributed by atoms with Crippen LogP contribution >= 0.6 is 11.6 Å². The maximum absolute atomic E-state index is 9.12. The molecule has 1 aliphatic heterocycles. The Morgan fingerprint density at radius 2 is 2.22 bits per heavy atom. The molecule has 0 radical (unpaired) electrons. The van der Waals surface area contributed by atoms with Crippen molar-refractivity contribution in [1.29, 1.82) is 5.26 Å². The molecule has 23 heavy (non-hydrogen) atoms. The molecule has 0 spiro atoms. The standard InChI is InChI=1S/C10H8ClN5.C5H10O2/c11-8-6(3-12)9(5-1-2-5)16-7(8)4-14-10(13)15-16;6-5-2-1-3-7-4-5/h4-5H,1-2H2,(H2,13,15);5-6H,1-4H2. The zero-order chi connectivity index (χ0) is 16.4. The highest BCUT2D eigenvalue weighted by molar-refractivity contribution is 6.35. The summed E-state index contributed by atoms with van der Waals surface area (Å²) in [7, 11) is 0. The molecule has 2 aromatic heterocycles. The van der Waals surface area contributed by atoms with E-state index in [0.29, 0.717) is 28.6 Å². The molecule has 2 aliphatic rings. The third-order valence-electron chi connectivity index (χ3n) is 3.89. The zero-order valence-electron chi connectivity index (χ0n) is 12.6. The Bertz CT molecular complexity index is 744. The predicted octanol–water partition coefficient (Wildman–Crippen LogP) is 1.87. The highest BCUT2D eigenvalue weighted by Crippen LogP contribution is 2.44. The predicted molar refractivity (Wildman–Crippen MR) is 85.2 cm³/mol. The van der Waals surface area contributed by atoms with Gasteiger partial charge in [-0.2, -0.15) is 5.26 Å². The lowest BCUT2D eigenvalue weighted by molar-refractivity contribution is -0.00535. The molecule has 2 fully saturated rings. The Hall–Kier alpha value is -1.88. The van der Waals surface area contributed by atoms with E-state index in [4.69, 9.17) is 32.4 Å². The maximum atomic E-state index is 9.12. The highest BCUT2D eigenvalue weighted by Gasteiger charge is 2.32. The molecule has 1 aliphatic carbocycles. The molecule has 3 heterocycles. The summed E-state index contributed by atoms with van der Waals surface area (Å²) in [5, 5.41) is 22.4. The number of rotatable bonds is 1. The van der Waals surface area contributed by atoms with Crippen LogP contribution in [0.4, 0.5) is 5.95 Å². The number of nitriles is 1. The molecule has 1 saturated heterocycles. The van der Waals surface area contributed by atoms with E-state index >= 15 is 0 Å². The van der Waals surface area contributed by atoms with Gasteiger partial charge in [0.05, 0.1) is 35.2 Å². The minimum atomic E-state index is -0.186. The number of nitrogen functional groups attached to an aromatic ring is 1. The van der Waals surface area contributed by atoms with E-state index < -0.39 is 0 Å². The van der Waals surface area contributed by atoms with Crippen LogP contribution in [0.25, 0.3) is 5.52 Å². The van der Waals surface area contributed by atoms with E-state index in [1.807, 2.05) is 0 Å². The fourth-order valence-electron chi connectivity index (χ4n) is 2.61. The van der Waals surface area contributed by atoms with Crippen molar-refractivity contribution in [1.82, 2.24) is 14.6 Å². The molecule has 0 amide bonds. The lowest BCUT2D eigenvalue weighted by Gasteiger charge is -2.15. The van der Waals surface area contributed by atoms with Gasteiger partial charge in [0.2, 0.25) is 5.95 Å². The second-order valence-electron chi connectivity index (χ2n) is 5.74. The van der Waals surface area contributed by atoms with Crippen LogP contribution in [0.2, 0.25) is 5.02 Å². The van der Waals surface area contributed by atoms with E-state index in [-0.39, 0.29) is 12.1 Å². The highest BCUT2D eigenvalue weighted by atomic mass is 35.5. The van der Waals surface area contributed by atoms with E-state index in [9.17, 15) is 0 Å². The Labute approximate surface area is 138 Å². The van der Waals surface area contributed by atoms with Crippen LogP contribution in [0.15, 0.2) is 6.20 Å². The van der Waals surface area contributed by atoms with Crippen molar-refractivity contribution in [2.75, 3.05) is 18.9 Å². The number of fused-ring (bicyclic) bond motifs is 1. The van der Waals surface area contributed by atoms with Gasteiger partial charge in [0, 0.05) is 12.5 Å². The van der Waals surface area contributed by atoms with Crippen molar-refractivity contribution >= 4 is 23.1 Å². The summed E-state index contributed by atoms with van der Waals surface area (Å²) in [4.78, 5) is 3.89. The maximum Gasteiger partial charge on any atom is 0.238 e. The van der Waals surface area contributed by atoms with Crippen LogP contribution < -0.4 is 5.73 Å². The van der Waals surface area contributed by atoms with Crippen molar-refractivity contribution in [2.24, 2.45) is 0 Å². The molecule has 2 aromatic rings. The molecule has 4 rings (SSSR count). The molecule has 7 nitrogen and oxygen atoms in total. The number of nitrogens with two attached hydrogens (primary N) is 1. The second-order valence-corrected chi connectivity index (χ2v) is 6.12. The summed E-state index contributed by atoms with van der Waals surface area (Å²) in [6.45, 7) is 1.37. The van der Waals surface area contributed by atoms with Gasteiger partial charge in [-0.05, 0) is 25.7 Å². The van der Waals surface area contributed by atoms with Crippen molar-refractivity contribution in [3.63, 3.8) is 0 Å². The molecule has 0 bridgehead atoms. The molecule has 1 unspecified atom stereocenters. The van der Waals surface area contributed by atoms with Gasteiger partial charge in [-0.3, -0.25) is 0 Å². The molecule has 3 N–H and O–H groups in total. The van der Waals surface area contributed by atoms with Crippen LogP contribution in [-0.2, 0) is 4.74 Å². The average Bonchev–Trinajstić information content (AvgIpc) is 3.34. The number of nitrogens with zero attached hydrogens (tertiary/aromatic N) is 4. The van der Waals surface area contributed by atoms with Gasteiger partial charge in [-0.1, -0.05) is 11.6 Å². The van der Waals surface area contributed by atoms with E-state index in [1.54, 1.807) is 10.7 Å². The number of halogens is 1. The SMILES string of the molecule is N#Cc1c(Cl)c2cnc(N)nn2c1C1CC1.OC1CCCOC1. The molecule has 8 heteroatoms. The summed E-state index contributed by atoms with van der Waals surface area (Å²) >= 11 is 6.12. The number of anilines is 1. The van der Waals surface area contributed by atoms with Gasteiger partial charge in [0.15, 0.2) is 0 Å². The third kappa shape index (κ3) is 3.39. The number of ether oxygens (including phenoxy) is 1. The Kier molecular flexibility index (Phi) is 4.66. The first-order valence-electron chi connectivity index (χ1n) is 7.60. The number of aromatic nitrogens is 3. The lowest BCUT2D eigenvalue weighted by Crippen LogP contribution is -2.21. The average molecular weight is 336 g/mol. The van der Waals surface area contributed by atoms with Crippen molar-refractivity contribution < 1.29 is 9.84 Å². The van der Waals surface area contributed by atoms with Crippen molar-refractivity contribution in [3.05, 3.63) is 22.5 Å². The Morgan fingerprint density at radius 3 is 2.74 bits per heavy atom.